The lowest BCUT2D eigenvalue weighted by Crippen LogP contribution is -2.00. The van der Waals surface area contributed by atoms with Crippen molar-refractivity contribution in [3.63, 3.8) is 0 Å². The third-order valence-corrected chi connectivity index (χ3v) is 17.9. The van der Waals surface area contributed by atoms with Gasteiger partial charge in [-0.2, -0.15) is 0 Å². The standard InChI is InChI=1S/4C24H21N3.4C2H6/c4*1-16-13-17(2)15-22(14-16)24-26-18(3)25-23(27-24)21-11-9-20(10-12-21)19-7-5-4-6-8-19;4*1-2/h4*4-15H,1-3H3;4*1-2H3. The van der Waals surface area contributed by atoms with Crippen LogP contribution >= 0.6 is 0 Å². The summed E-state index contributed by atoms with van der Waals surface area (Å²) in [5.41, 5.74) is 27.2. The molecule has 4 heterocycles. The fraction of sp³-hybridized carbons (Fsp3) is 0.192. The zero-order valence-electron chi connectivity index (χ0n) is 71.1. The maximum absolute atomic E-state index is 4.74. The van der Waals surface area contributed by atoms with Gasteiger partial charge in [0.25, 0.3) is 0 Å². The lowest BCUT2D eigenvalue weighted by molar-refractivity contribution is 0.990. The third-order valence-electron chi connectivity index (χ3n) is 17.9. The summed E-state index contributed by atoms with van der Waals surface area (Å²) >= 11 is 0. The van der Waals surface area contributed by atoms with Crippen molar-refractivity contribution in [1.82, 2.24) is 59.8 Å². The maximum atomic E-state index is 4.74. The Hall–Kier alpha value is -13.3. The van der Waals surface area contributed by atoms with Crippen LogP contribution in [0.3, 0.4) is 0 Å². The predicted octanol–water partition coefficient (Wildman–Crippen LogP) is 27.3. The summed E-state index contributed by atoms with van der Waals surface area (Å²) < 4.78 is 0. The number of hydrogen-bond donors (Lipinski definition) is 0. The average molecular weight is 1530 g/mol. The molecular weight excluding hydrogens is 1420 g/mol. The minimum absolute atomic E-state index is 0.705. The molecule has 116 heavy (non-hydrogen) atoms. The number of aryl methyl sites for hydroxylation is 12. The van der Waals surface area contributed by atoms with Crippen LogP contribution in [0.5, 0.6) is 0 Å². The summed E-state index contributed by atoms with van der Waals surface area (Å²) in [5, 5.41) is 0. The second-order valence-corrected chi connectivity index (χ2v) is 27.4. The molecule has 0 bridgehead atoms. The van der Waals surface area contributed by atoms with Crippen molar-refractivity contribution in [2.45, 2.75) is 138 Å². The molecule has 0 aliphatic rings. The second kappa shape index (κ2) is 43.1. The van der Waals surface area contributed by atoms with Crippen molar-refractivity contribution in [2.24, 2.45) is 0 Å². The zero-order valence-corrected chi connectivity index (χ0v) is 71.1. The summed E-state index contributed by atoms with van der Waals surface area (Å²) in [6.45, 7) is 40.4. The van der Waals surface area contributed by atoms with Crippen LogP contribution in [0.4, 0.5) is 0 Å². The zero-order chi connectivity index (χ0) is 83.2. The van der Waals surface area contributed by atoms with Gasteiger partial charge in [0.05, 0.1) is 0 Å². The minimum atomic E-state index is 0.705. The normalized spacial score (nSPS) is 10.2. The molecule has 0 aliphatic heterocycles. The van der Waals surface area contributed by atoms with Gasteiger partial charge in [0, 0.05) is 44.5 Å². The van der Waals surface area contributed by atoms with Crippen LogP contribution in [0.2, 0.25) is 0 Å². The number of benzene rings is 12. The van der Waals surface area contributed by atoms with Gasteiger partial charge in [0.2, 0.25) is 0 Å². The highest BCUT2D eigenvalue weighted by atomic mass is 15.1. The first-order valence-electron chi connectivity index (χ1n) is 40.2. The van der Waals surface area contributed by atoms with Crippen molar-refractivity contribution >= 4 is 0 Å². The highest BCUT2D eigenvalue weighted by Gasteiger charge is 2.16. The van der Waals surface area contributed by atoms with Gasteiger partial charge in [-0.1, -0.05) is 343 Å². The topological polar surface area (TPSA) is 155 Å². The quantitative estimate of drug-likeness (QED) is 0.114. The van der Waals surface area contributed by atoms with E-state index < -0.39 is 0 Å². The average Bonchev–Trinajstić information content (AvgIpc) is 0.821. The van der Waals surface area contributed by atoms with Crippen molar-refractivity contribution in [3.8, 4) is 136 Å². The lowest BCUT2D eigenvalue weighted by atomic mass is 10.0. The van der Waals surface area contributed by atoms with Gasteiger partial charge in [0.1, 0.15) is 23.3 Å². The fourth-order valence-corrected chi connectivity index (χ4v) is 13.1. The molecule has 0 spiro atoms. The van der Waals surface area contributed by atoms with E-state index in [0.717, 1.165) is 91.1 Å². The molecule has 0 aliphatic carbocycles. The Morgan fingerprint density at radius 1 is 0.121 bits per heavy atom. The van der Waals surface area contributed by atoms with Crippen LogP contribution in [0.1, 0.15) is 123 Å². The second-order valence-electron chi connectivity index (χ2n) is 27.4. The first-order valence-corrected chi connectivity index (χ1v) is 40.2. The molecular formula is C104H108N12. The monoisotopic (exact) mass is 1520 g/mol. The number of nitrogens with zero attached hydrogens (tertiary/aromatic N) is 12. The Morgan fingerprint density at radius 2 is 0.241 bits per heavy atom. The number of hydrogen-bond acceptors (Lipinski definition) is 12. The van der Waals surface area contributed by atoms with Crippen LogP contribution in [0, 0.1) is 83.1 Å². The van der Waals surface area contributed by atoms with Gasteiger partial charge in [-0.25, -0.2) is 59.8 Å². The SMILES string of the molecule is CC.CC.CC.CC.Cc1cc(C)cc(-c2nc(C)nc(-c3ccc(-c4ccccc4)cc3)n2)c1.Cc1cc(C)cc(-c2nc(C)nc(-c3ccc(-c4ccccc4)cc3)n2)c1.Cc1cc(C)cc(-c2nc(C)nc(-c3ccc(-c4ccccc4)cc3)n2)c1.Cc1cc(C)cc(-c2nc(C)nc(-c3ccc(-c4ccccc4)cc3)n2)c1. The molecule has 0 unspecified atom stereocenters. The third kappa shape index (κ3) is 24.4. The number of rotatable bonds is 12. The highest BCUT2D eigenvalue weighted by Crippen LogP contribution is 2.32. The Kier molecular flexibility index (Phi) is 32.2. The maximum Gasteiger partial charge on any atom is 0.163 e. The van der Waals surface area contributed by atoms with E-state index in [9.17, 15) is 0 Å². The molecule has 584 valence electrons. The Bertz CT molecular complexity index is 4980. The van der Waals surface area contributed by atoms with Crippen molar-refractivity contribution < 1.29 is 0 Å². The van der Waals surface area contributed by atoms with E-state index >= 15 is 0 Å². The van der Waals surface area contributed by atoms with E-state index in [1.807, 2.05) is 107 Å². The smallest absolute Gasteiger partial charge is 0.163 e. The fourth-order valence-electron chi connectivity index (χ4n) is 13.1. The van der Waals surface area contributed by atoms with Crippen molar-refractivity contribution in [1.29, 1.82) is 0 Å². The first kappa shape index (κ1) is 86.7. The molecule has 0 saturated heterocycles. The van der Waals surface area contributed by atoms with Crippen molar-refractivity contribution in [3.05, 3.63) is 359 Å². The van der Waals surface area contributed by atoms with Crippen LogP contribution in [0.15, 0.2) is 291 Å². The summed E-state index contributed by atoms with van der Waals surface area (Å²) in [7, 11) is 0. The minimum Gasteiger partial charge on any atom is -0.213 e. The molecule has 4 aromatic heterocycles. The molecule has 16 rings (SSSR count). The Balaban J connectivity index is 0.000000172. The summed E-state index contributed by atoms with van der Waals surface area (Å²) in [5.74, 6) is 8.59. The lowest BCUT2D eigenvalue weighted by Gasteiger charge is -2.08. The molecule has 12 aromatic carbocycles. The van der Waals surface area contributed by atoms with Crippen LogP contribution < -0.4 is 0 Å². The summed E-state index contributed by atoms with van der Waals surface area (Å²) in [4.78, 5) is 55.4. The van der Waals surface area contributed by atoms with E-state index in [2.05, 4.69) is 362 Å². The van der Waals surface area contributed by atoms with Gasteiger partial charge in [-0.05, 0) is 176 Å². The highest BCUT2D eigenvalue weighted by molar-refractivity contribution is 5.74. The van der Waals surface area contributed by atoms with Crippen LogP contribution in [-0.4, -0.2) is 59.8 Å². The van der Waals surface area contributed by atoms with Gasteiger partial charge in [0.15, 0.2) is 46.6 Å². The Labute approximate surface area is 688 Å². The molecule has 12 nitrogen and oxygen atoms in total. The van der Waals surface area contributed by atoms with Gasteiger partial charge >= 0.3 is 0 Å². The molecule has 0 saturated carbocycles. The molecule has 0 atom stereocenters. The molecule has 0 radical (unpaired) electrons. The van der Waals surface area contributed by atoms with E-state index in [-0.39, 0.29) is 0 Å². The van der Waals surface area contributed by atoms with Gasteiger partial charge in [-0.3, -0.25) is 0 Å². The first-order chi connectivity index (χ1) is 56.3. The van der Waals surface area contributed by atoms with Gasteiger partial charge in [-0.15, -0.1) is 0 Å². The van der Waals surface area contributed by atoms with Crippen LogP contribution in [-0.2, 0) is 0 Å². The summed E-state index contributed by atoms with van der Waals surface area (Å²) in [6, 6.07) is 100. The molecule has 12 heteroatoms. The molecule has 16 aromatic rings. The summed E-state index contributed by atoms with van der Waals surface area (Å²) in [6.07, 6.45) is 0. The van der Waals surface area contributed by atoms with Gasteiger partial charge < -0.3 is 0 Å². The number of aromatic nitrogens is 12. The van der Waals surface area contributed by atoms with E-state index in [1.165, 1.54) is 89.0 Å². The van der Waals surface area contributed by atoms with Crippen LogP contribution in [0.25, 0.3) is 136 Å². The predicted molar refractivity (Wildman–Crippen MR) is 487 cm³/mol. The Morgan fingerprint density at radius 3 is 0.388 bits per heavy atom. The van der Waals surface area contributed by atoms with E-state index in [1.54, 1.807) is 0 Å². The van der Waals surface area contributed by atoms with E-state index in [4.69, 9.17) is 19.9 Å². The van der Waals surface area contributed by atoms with Crippen molar-refractivity contribution in [2.75, 3.05) is 0 Å². The molecule has 0 amide bonds. The van der Waals surface area contributed by atoms with E-state index in [0.29, 0.717) is 23.3 Å². The molecule has 0 fully saturated rings. The molecule has 0 N–H and O–H groups in total. The largest absolute Gasteiger partial charge is 0.213 e.